The van der Waals surface area contributed by atoms with Gasteiger partial charge in [0.05, 0.1) is 0 Å². The van der Waals surface area contributed by atoms with E-state index in [0.717, 1.165) is 6.42 Å². The molecule has 1 aliphatic carbocycles. The van der Waals surface area contributed by atoms with Crippen LogP contribution in [0, 0.1) is 5.92 Å². The second-order valence-electron chi connectivity index (χ2n) is 5.12. The molecule has 96 valence electrons. The highest BCUT2D eigenvalue weighted by Crippen LogP contribution is 2.29. The van der Waals surface area contributed by atoms with Gasteiger partial charge < -0.3 is 15.3 Å². The lowest BCUT2D eigenvalue weighted by molar-refractivity contribution is -0.141. The Kier molecular flexibility index (Phi) is 3.54. The molecule has 0 spiro atoms. The predicted octanol–water partition coefficient (Wildman–Crippen LogP) is 1.43. The first-order valence-corrected chi connectivity index (χ1v) is 6.39. The van der Waals surface area contributed by atoms with Gasteiger partial charge in [-0.2, -0.15) is 0 Å². The van der Waals surface area contributed by atoms with E-state index in [4.69, 9.17) is 5.11 Å². The van der Waals surface area contributed by atoms with Gasteiger partial charge in [-0.15, -0.1) is 0 Å². The van der Waals surface area contributed by atoms with Gasteiger partial charge in [0, 0.05) is 12.6 Å². The van der Waals surface area contributed by atoms with Gasteiger partial charge in [0.2, 0.25) is 0 Å². The van der Waals surface area contributed by atoms with Gasteiger partial charge in [0.1, 0.15) is 6.04 Å². The van der Waals surface area contributed by atoms with Crippen molar-refractivity contribution in [3.8, 4) is 0 Å². The van der Waals surface area contributed by atoms with Gasteiger partial charge >= 0.3 is 12.0 Å². The number of rotatable bonds is 3. The number of carbonyl (C=O) groups is 2. The fourth-order valence-corrected chi connectivity index (χ4v) is 2.60. The van der Waals surface area contributed by atoms with E-state index in [1.807, 2.05) is 6.92 Å². The van der Waals surface area contributed by atoms with Crippen LogP contribution >= 0.6 is 0 Å². The lowest BCUT2D eigenvalue weighted by Gasteiger charge is -2.33. The van der Waals surface area contributed by atoms with Crippen LogP contribution in [0.25, 0.3) is 0 Å². The van der Waals surface area contributed by atoms with E-state index >= 15 is 0 Å². The molecule has 2 rings (SSSR count). The second-order valence-corrected chi connectivity index (χ2v) is 5.12. The number of carboxylic acids is 1. The molecule has 2 N–H and O–H groups in total. The van der Waals surface area contributed by atoms with Gasteiger partial charge in [0.15, 0.2) is 0 Å². The molecule has 2 atom stereocenters. The molecule has 0 aromatic rings. The zero-order valence-electron chi connectivity index (χ0n) is 10.2. The first-order chi connectivity index (χ1) is 8.09. The lowest BCUT2D eigenvalue weighted by atomic mass is 9.80. The third kappa shape index (κ3) is 2.53. The highest BCUT2D eigenvalue weighted by atomic mass is 16.4. The number of likely N-dealkylation sites (tertiary alicyclic amines) is 1. The van der Waals surface area contributed by atoms with Crippen LogP contribution in [0.4, 0.5) is 4.79 Å². The molecule has 1 unspecified atom stereocenters. The van der Waals surface area contributed by atoms with Crippen LogP contribution in [0.5, 0.6) is 0 Å². The summed E-state index contributed by atoms with van der Waals surface area (Å²) in [5, 5.41) is 11.9. The lowest BCUT2D eigenvalue weighted by Crippen LogP contribution is -2.50. The molecule has 1 saturated heterocycles. The number of carboxylic acid groups (broad SMARTS) is 1. The van der Waals surface area contributed by atoms with Crippen LogP contribution in [0.1, 0.15) is 39.0 Å². The van der Waals surface area contributed by atoms with Crippen LogP contribution in [0.15, 0.2) is 0 Å². The molecule has 2 aliphatic rings. The van der Waals surface area contributed by atoms with Crippen LogP contribution < -0.4 is 5.32 Å². The monoisotopic (exact) mass is 240 g/mol. The van der Waals surface area contributed by atoms with E-state index in [2.05, 4.69) is 5.32 Å². The Hall–Kier alpha value is -1.26. The zero-order chi connectivity index (χ0) is 12.4. The normalized spacial score (nSPS) is 26.4. The Morgan fingerprint density at radius 3 is 2.53 bits per heavy atom. The maximum Gasteiger partial charge on any atom is 0.326 e. The molecule has 0 radical (unpaired) electrons. The minimum atomic E-state index is -0.894. The van der Waals surface area contributed by atoms with Crippen LogP contribution in [-0.2, 0) is 4.79 Å². The zero-order valence-corrected chi connectivity index (χ0v) is 10.2. The van der Waals surface area contributed by atoms with Crippen molar-refractivity contribution in [1.29, 1.82) is 0 Å². The largest absolute Gasteiger partial charge is 0.480 e. The summed E-state index contributed by atoms with van der Waals surface area (Å²) in [6.45, 7) is 2.56. The number of nitrogens with zero attached hydrogens (tertiary/aromatic N) is 1. The topological polar surface area (TPSA) is 69.6 Å². The van der Waals surface area contributed by atoms with E-state index in [0.29, 0.717) is 18.9 Å². The molecular weight excluding hydrogens is 220 g/mol. The summed E-state index contributed by atoms with van der Waals surface area (Å²) in [4.78, 5) is 24.4. The summed E-state index contributed by atoms with van der Waals surface area (Å²) in [5.74, 6) is -0.321. The molecule has 5 nitrogen and oxygen atoms in total. The third-order valence-electron chi connectivity index (χ3n) is 4.01. The number of urea groups is 1. The summed E-state index contributed by atoms with van der Waals surface area (Å²) in [6, 6.07) is -0.691. The first-order valence-electron chi connectivity index (χ1n) is 6.39. The maximum atomic E-state index is 12.0. The Morgan fingerprint density at radius 1 is 1.29 bits per heavy atom. The Balaban J connectivity index is 1.88. The van der Waals surface area contributed by atoms with Crippen molar-refractivity contribution < 1.29 is 14.7 Å². The average Bonchev–Trinajstić information content (AvgIpc) is 2.62. The van der Waals surface area contributed by atoms with Crippen molar-refractivity contribution in [3.05, 3.63) is 0 Å². The van der Waals surface area contributed by atoms with Crippen molar-refractivity contribution >= 4 is 12.0 Å². The van der Waals surface area contributed by atoms with E-state index < -0.39 is 12.0 Å². The van der Waals surface area contributed by atoms with Gasteiger partial charge in [-0.3, -0.25) is 0 Å². The van der Waals surface area contributed by atoms with Crippen molar-refractivity contribution in [2.75, 3.05) is 6.54 Å². The molecule has 1 saturated carbocycles. The Labute approximate surface area is 101 Å². The number of hydrogen-bond donors (Lipinski definition) is 2. The predicted molar refractivity (Wildman–Crippen MR) is 62.7 cm³/mol. The fourth-order valence-electron chi connectivity index (χ4n) is 2.60. The first kappa shape index (κ1) is 12.2. The highest BCUT2D eigenvalue weighted by Gasteiger charge is 2.35. The van der Waals surface area contributed by atoms with E-state index in [1.54, 1.807) is 0 Å². The van der Waals surface area contributed by atoms with Crippen LogP contribution in [0.3, 0.4) is 0 Å². The SMILES string of the molecule is CC(NC(=O)N1CCC[C@H]1C(=O)O)C1CCC1. The third-order valence-corrected chi connectivity index (χ3v) is 4.01. The average molecular weight is 240 g/mol. The van der Waals surface area contributed by atoms with E-state index in [-0.39, 0.29) is 12.1 Å². The van der Waals surface area contributed by atoms with Gasteiger partial charge in [0.25, 0.3) is 0 Å². The molecule has 2 amide bonds. The quantitative estimate of drug-likeness (QED) is 0.784. The van der Waals surface area contributed by atoms with Crippen molar-refractivity contribution in [3.63, 3.8) is 0 Å². The molecule has 1 heterocycles. The summed E-state index contributed by atoms with van der Waals surface area (Å²) < 4.78 is 0. The number of amides is 2. The van der Waals surface area contributed by atoms with Crippen molar-refractivity contribution in [2.24, 2.45) is 5.92 Å². The number of carbonyl (C=O) groups excluding carboxylic acids is 1. The Morgan fingerprint density at radius 2 is 2.00 bits per heavy atom. The number of aliphatic carboxylic acids is 1. The standard InChI is InChI=1S/C12H20N2O3/c1-8(9-4-2-5-9)13-12(17)14-7-3-6-10(14)11(15)16/h8-10H,2-7H2,1H3,(H,13,17)(H,15,16)/t8?,10-/m0/s1. The van der Waals surface area contributed by atoms with Crippen molar-refractivity contribution in [2.45, 2.75) is 51.1 Å². The minimum absolute atomic E-state index is 0.159. The van der Waals surface area contributed by atoms with Gasteiger partial charge in [-0.1, -0.05) is 6.42 Å². The number of hydrogen-bond acceptors (Lipinski definition) is 2. The molecule has 2 fully saturated rings. The van der Waals surface area contributed by atoms with E-state index in [9.17, 15) is 9.59 Å². The Bertz CT molecular complexity index is 315. The smallest absolute Gasteiger partial charge is 0.326 e. The maximum absolute atomic E-state index is 12.0. The summed E-state index contributed by atoms with van der Waals surface area (Å²) in [7, 11) is 0. The highest BCUT2D eigenvalue weighted by molar-refractivity contribution is 5.83. The molecule has 5 heteroatoms. The van der Waals surface area contributed by atoms with Crippen LogP contribution in [0.2, 0.25) is 0 Å². The number of nitrogens with one attached hydrogen (secondary N) is 1. The molecule has 0 aromatic heterocycles. The molecule has 0 aromatic carbocycles. The molecule has 17 heavy (non-hydrogen) atoms. The molecule has 0 bridgehead atoms. The summed E-state index contributed by atoms with van der Waals surface area (Å²) >= 11 is 0. The summed E-state index contributed by atoms with van der Waals surface area (Å²) in [6.07, 6.45) is 4.93. The second kappa shape index (κ2) is 4.94. The van der Waals surface area contributed by atoms with Crippen molar-refractivity contribution in [1.82, 2.24) is 10.2 Å². The molecular formula is C12H20N2O3. The van der Waals surface area contributed by atoms with Crippen LogP contribution in [-0.4, -0.2) is 40.6 Å². The minimum Gasteiger partial charge on any atom is -0.480 e. The summed E-state index contributed by atoms with van der Waals surface area (Å²) in [5.41, 5.74) is 0. The fraction of sp³-hybridized carbons (Fsp3) is 0.833. The van der Waals surface area contributed by atoms with Gasteiger partial charge in [-0.25, -0.2) is 9.59 Å². The molecule has 1 aliphatic heterocycles. The van der Waals surface area contributed by atoms with E-state index in [1.165, 1.54) is 24.2 Å². The van der Waals surface area contributed by atoms with Gasteiger partial charge in [-0.05, 0) is 38.5 Å².